The Balaban J connectivity index is 3.26. The fourth-order valence-electron chi connectivity index (χ4n) is 1.84. The summed E-state index contributed by atoms with van der Waals surface area (Å²) in [5.41, 5.74) is 0.710. The number of carbonyl (C=O) groups is 2. The molecule has 0 aliphatic rings. The van der Waals surface area contributed by atoms with Crippen molar-refractivity contribution in [3.8, 4) is 0 Å². The Bertz CT molecular complexity index is 497. The zero-order valence-corrected chi connectivity index (χ0v) is 17.7. The van der Waals surface area contributed by atoms with Crippen LogP contribution in [0.2, 0.25) is 0 Å². The number of aliphatic hydroxyl groups excluding tert-OH is 1. The van der Waals surface area contributed by atoms with Gasteiger partial charge in [-0.25, -0.2) is 9.59 Å². The number of esters is 2. The minimum atomic E-state index is -0.771. The van der Waals surface area contributed by atoms with E-state index < -0.39 is 12.1 Å². The van der Waals surface area contributed by atoms with Gasteiger partial charge in [-0.05, 0) is 26.8 Å². The van der Waals surface area contributed by atoms with Gasteiger partial charge in [0.05, 0.1) is 33.0 Å². The van der Waals surface area contributed by atoms with Crippen molar-refractivity contribution < 1.29 is 33.6 Å². The summed E-state index contributed by atoms with van der Waals surface area (Å²) in [5.74, 6) is -0.865. The molecule has 0 aromatic carbocycles. The first-order valence-electron chi connectivity index (χ1n) is 9.74. The average Bonchev–Trinajstić information content (AvgIpc) is 2.68. The van der Waals surface area contributed by atoms with E-state index in [1.807, 2.05) is 0 Å². The van der Waals surface area contributed by atoms with Crippen LogP contribution in [0.15, 0.2) is 24.3 Å². The maximum atomic E-state index is 11.2. The quantitative estimate of drug-likeness (QED) is 0.154. The van der Waals surface area contributed by atoms with E-state index in [-0.39, 0.29) is 12.6 Å². The Morgan fingerprint density at radius 1 is 0.828 bits per heavy atom. The number of hydrogen-bond donors (Lipinski definition) is 3. The van der Waals surface area contributed by atoms with E-state index in [9.17, 15) is 14.7 Å². The molecule has 1 atom stereocenters. The first-order chi connectivity index (χ1) is 13.8. The number of nitrogens with one attached hydrogen (secondary N) is 2. The zero-order chi connectivity index (χ0) is 21.9. The number of aliphatic hydroxyl groups is 1. The van der Waals surface area contributed by atoms with Gasteiger partial charge < -0.3 is 34.7 Å². The molecule has 3 N–H and O–H groups in total. The lowest BCUT2D eigenvalue weighted by molar-refractivity contribution is -0.142. The predicted molar refractivity (Wildman–Crippen MR) is 110 cm³/mol. The van der Waals surface area contributed by atoms with E-state index in [4.69, 9.17) is 18.9 Å². The van der Waals surface area contributed by atoms with Crippen LogP contribution in [0.5, 0.6) is 0 Å². The SMILES string of the molecule is C=C(C)C(=O)OCCCNCCOCCOCCNCC(O)COC(=O)C(=C)C. The molecule has 168 valence electrons. The van der Waals surface area contributed by atoms with Gasteiger partial charge in [0.15, 0.2) is 0 Å². The zero-order valence-electron chi connectivity index (χ0n) is 17.7. The molecule has 0 aliphatic heterocycles. The van der Waals surface area contributed by atoms with Crippen LogP contribution in [0.25, 0.3) is 0 Å². The van der Waals surface area contributed by atoms with Crippen molar-refractivity contribution in [2.24, 2.45) is 0 Å². The second-order valence-corrected chi connectivity index (χ2v) is 6.48. The molecule has 0 radical (unpaired) electrons. The van der Waals surface area contributed by atoms with Crippen LogP contribution in [-0.2, 0) is 28.5 Å². The normalized spacial score (nSPS) is 11.7. The Morgan fingerprint density at radius 3 is 1.97 bits per heavy atom. The molecule has 0 rings (SSSR count). The van der Waals surface area contributed by atoms with Gasteiger partial charge in [-0.1, -0.05) is 13.2 Å². The van der Waals surface area contributed by atoms with E-state index in [0.29, 0.717) is 63.8 Å². The lowest BCUT2D eigenvalue weighted by Gasteiger charge is -2.12. The van der Waals surface area contributed by atoms with Gasteiger partial charge in [-0.2, -0.15) is 0 Å². The molecule has 9 nitrogen and oxygen atoms in total. The highest BCUT2D eigenvalue weighted by atomic mass is 16.5. The van der Waals surface area contributed by atoms with E-state index in [1.54, 1.807) is 13.8 Å². The summed E-state index contributed by atoms with van der Waals surface area (Å²) in [6, 6.07) is 0. The van der Waals surface area contributed by atoms with Gasteiger partial charge in [0.25, 0.3) is 0 Å². The van der Waals surface area contributed by atoms with Crippen LogP contribution in [0.3, 0.4) is 0 Å². The Kier molecular flexibility index (Phi) is 17.1. The third-order valence-corrected chi connectivity index (χ3v) is 3.43. The summed E-state index contributed by atoms with van der Waals surface area (Å²) in [5, 5.41) is 15.9. The monoisotopic (exact) mass is 416 g/mol. The highest BCUT2D eigenvalue weighted by Crippen LogP contribution is 1.94. The van der Waals surface area contributed by atoms with E-state index in [0.717, 1.165) is 13.0 Å². The highest BCUT2D eigenvalue weighted by Gasteiger charge is 2.08. The Morgan fingerprint density at radius 2 is 1.38 bits per heavy atom. The molecule has 0 amide bonds. The lowest BCUT2D eigenvalue weighted by Crippen LogP contribution is -2.33. The molecule has 0 aromatic heterocycles. The molecular formula is C20H36N2O7. The van der Waals surface area contributed by atoms with Gasteiger partial charge in [-0.3, -0.25) is 0 Å². The van der Waals surface area contributed by atoms with Crippen LogP contribution < -0.4 is 10.6 Å². The van der Waals surface area contributed by atoms with Gasteiger partial charge in [0, 0.05) is 30.8 Å². The van der Waals surface area contributed by atoms with Crippen molar-refractivity contribution in [2.45, 2.75) is 26.4 Å². The molecule has 0 saturated heterocycles. The summed E-state index contributed by atoms with van der Waals surface area (Å²) in [6.45, 7) is 14.8. The molecule has 0 fully saturated rings. The van der Waals surface area contributed by atoms with Gasteiger partial charge in [0.1, 0.15) is 12.7 Å². The molecular weight excluding hydrogens is 380 g/mol. The van der Waals surface area contributed by atoms with Crippen molar-refractivity contribution in [3.63, 3.8) is 0 Å². The van der Waals surface area contributed by atoms with Crippen LogP contribution in [0.4, 0.5) is 0 Å². The maximum Gasteiger partial charge on any atom is 0.333 e. The molecule has 9 heteroatoms. The molecule has 0 heterocycles. The first-order valence-corrected chi connectivity index (χ1v) is 9.74. The van der Waals surface area contributed by atoms with Crippen molar-refractivity contribution in [1.29, 1.82) is 0 Å². The Hall–Kier alpha value is -1.78. The fourth-order valence-corrected chi connectivity index (χ4v) is 1.84. The molecule has 0 bridgehead atoms. The Labute approximate surface area is 173 Å². The largest absolute Gasteiger partial charge is 0.462 e. The van der Waals surface area contributed by atoms with E-state index >= 15 is 0 Å². The van der Waals surface area contributed by atoms with Crippen molar-refractivity contribution >= 4 is 11.9 Å². The van der Waals surface area contributed by atoms with Gasteiger partial charge in [0.2, 0.25) is 0 Å². The van der Waals surface area contributed by atoms with E-state index in [1.165, 1.54) is 0 Å². The minimum Gasteiger partial charge on any atom is -0.462 e. The molecule has 0 saturated carbocycles. The molecule has 0 spiro atoms. The van der Waals surface area contributed by atoms with Crippen LogP contribution in [0, 0.1) is 0 Å². The van der Waals surface area contributed by atoms with Crippen LogP contribution >= 0.6 is 0 Å². The average molecular weight is 417 g/mol. The molecule has 0 aromatic rings. The number of rotatable bonds is 19. The number of carbonyl (C=O) groups excluding carboxylic acids is 2. The molecule has 29 heavy (non-hydrogen) atoms. The molecule has 1 unspecified atom stereocenters. The predicted octanol–water partition coefficient (Wildman–Crippen LogP) is 0.188. The van der Waals surface area contributed by atoms with Crippen molar-refractivity contribution in [2.75, 3.05) is 65.8 Å². The maximum absolute atomic E-state index is 11.2. The smallest absolute Gasteiger partial charge is 0.333 e. The highest BCUT2D eigenvalue weighted by molar-refractivity contribution is 5.87. The first kappa shape index (κ1) is 27.2. The standard InChI is InChI=1S/C20H36N2O7/c1-16(2)19(24)28-9-5-6-21-7-10-26-12-13-27-11-8-22-14-18(23)15-29-20(25)17(3)4/h18,21-23H,1,3,5-15H2,2,4H3. The second kappa shape index (κ2) is 18.3. The third-order valence-electron chi connectivity index (χ3n) is 3.43. The molecule has 0 aliphatic carbocycles. The van der Waals surface area contributed by atoms with Crippen LogP contribution in [0.1, 0.15) is 20.3 Å². The van der Waals surface area contributed by atoms with Crippen LogP contribution in [-0.4, -0.2) is 89.0 Å². The fraction of sp³-hybridized carbons (Fsp3) is 0.700. The number of ether oxygens (including phenoxy) is 4. The third kappa shape index (κ3) is 18.0. The van der Waals surface area contributed by atoms with Gasteiger partial charge in [-0.15, -0.1) is 0 Å². The van der Waals surface area contributed by atoms with E-state index in [2.05, 4.69) is 23.8 Å². The summed E-state index contributed by atoms with van der Waals surface area (Å²) in [6.07, 6.45) is -0.0348. The summed E-state index contributed by atoms with van der Waals surface area (Å²) in [4.78, 5) is 22.3. The number of hydrogen-bond acceptors (Lipinski definition) is 9. The summed E-state index contributed by atoms with van der Waals surface area (Å²) >= 11 is 0. The van der Waals surface area contributed by atoms with Gasteiger partial charge >= 0.3 is 11.9 Å². The summed E-state index contributed by atoms with van der Waals surface area (Å²) < 4.78 is 20.7. The van der Waals surface area contributed by atoms with Crippen molar-refractivity contribution in [1.82, 2.24) is 10.6 Å². The minimum absolute atomic E-state index is 0.0684. The lowest BCUT2D eigenvalue weighted by atomic mass is 10.3. The van der Waals surface area contributed by atoms with Crippen molar-refractivity contribution in [3.05, 3.63) is 24.3 Å². The second-order valence-electron chi connectivity index (χ2n) is 6.48. The summed E-state index contributed by atoms with van der Waals surface area (Å²) in [7, 11) is 0. The topological polar surface area (TPSA) is 115 Å².